The molecular formula is C16H18ClN3O2. The molecule has 2 N–H and O–H groups in total. The van der Waals surface area contributed by atoms with Crippen LogP contribution >= 0.6 is 11.6 Å². The highest BCUT2D eigenvalue weighted by Gasteiger charge is 2.22. The monoisotopic (exact) mass is 319 g/mol. The fraction of sp³-hybridized carbons (Fsp3) is 0.375. The molecule has 0 spiro atoms. The second-order valence-corrected chi connectivity index (χ2v) is 5.79. The minimum absolute atomic E-state index is 0.132. The van der Waals surface area contributed by atoms with Crippen molar-refractivity contribution < 1.29 is 9.21 Å². The summed E-state index contributed by atoms with van der Waals surface area (Å²) in [6.45, 7) is 1.50. The molecule has 0 saturated carbocycles. The Balaban J connectivity index is 1.51. The summed E-state index contributed by atoms with van der Waals surface area (Å²) in [5.74, 6) is 0.382. The molecule has 2 aromatic rings. The van der Waals surface area contributed by atoms with Crippen LogP contribution in [0.4, 0.5) is 0 Å². The van der Waals surface area contributed by atoms with Crippen molar-refractivity contribution in [1.29, 1.82) is 0 Å². The van der Waals surface area contributed by atoms with Gasteiger partial charge in [0.15, 0.2) is 5.69 Å². The van der Waals surface area contributed by atoms with Crippen molar-refractivity contribution in [2.75, 3.05) is 13.1 Å². The topological polar surface area (TPSA) is 67.2 Å². The molecule has 3 rings (SSSR count). The lowest BCUT2D eigenvalue weighted by Crippen LogP contribution is -2.26. The highest BCUT2D eigenvalue weighted by Crippen LogP contribution is 2.22. The highest BCUT2D eigenvalue weighted by molar-refractivity contribution is 6.30. The summed E-state index contributed by atoms with van der Waals surface area (Å²) >= 11 is 5.93. The lowest BCUT2D eigenvalue weighted by molar-refractivity contribution is 0.0949. The van der Waals surface area contributed by atoms with E-state index in [0.717, 1.165) is 31.4 Å². The van der Waals surface area contributed by atoms with Gasteiger partial charge in [0, 0.05) is 11.6 Å². The van der Waals surface area contributed by atoms with Gasteiger partial charge in [-0.1, -0.05) is 23.7 Å². The predicted molar refractivity (Wildman–Crippen MR) is 84.0 cm³/mol. The van der Waals surface area contributed by atoms with Gasteiger partial charge in [-0.3, -0.25) is 4.79 Å². The Labute approximate surface area is 134 Å². The van der Waals surface area contributed by atoms with E-state index in [1.807, 2.05) is 24.3 Å². The minimum atomic E-state index is -0.213. The molecular weight excluding hydrogens is 302 g/mol. The average molecular weight is 320 g/mol. The number of nitrogens with zero attached hydrogens (tertiary/aromatic N) is 1. The molecule has 0 aliphatic carbocycles. The third-order valence-electron chi connectivity index (χ3n) is 3.70. The van der Waals surface area contributed by atoms with E-state index in [1.165, 1.54) is 6.26 Å². The van der Waals surface area contributed by atoms with Crippen LogP contribution in [0.2, 0.25) is 5.02 Å². The van der Waals surface area contributed by atoms with Gasteiger partial charge in [0.1, 0.15) is 6.26 Å². The maximum absolute atomic E-state index is 12.0. The number of hydrogen-bond acceptors (Lipinski definition) is 4. The molecule has 0 radical (unpaired) electrons. The molecule has 5 nitrogen and oxygen atoms in total. The van der Waals surface area contributed by atoms with Gasteiger partial charge in [-0.2, -0.15) is 0 Å². The van der Waals surface area contributed by atoms with Crippen LogP contribution in [0.15, 0.2) is 34.9 Å². The van der Waals surface area contributed by atoms with E-state index in [2.05, 4.69) is 15.6 Å². The molecule has 1 aromatic carbocycles. The van der Waals surface area contributed by atoms with Crippen LogP contribution < -0.4 is 10.6 Å². The van der Waals surface area contributed by atoms with E-state index in [1.54, 1.807) is 0 Å². The van der Waals surface area contributed by atoms with E-state index in [0.29, 0.717) is 23.2 Å². The van der Waals surface area contributed by atoms with E-state index in [-0.39, 0.29) is 11.9 Å². The molecule has 1 aliphatic heterocycles. The Hall–Kier alpha value is -1.85. The van der Waals surface area contributed by atoms with Gasteiger partial charge < -0.3 is 15.1 Å². The van der Waals surface area contributed by atoms with E-state index in [4.69, 9.17) is 16.0 Å². The first-order chi connectivity index (χ1) is 10.7. The molecule has 1 aliphatic rings. The smallest absolute Gasteiger partial charge is 0.273 e. The van der Waals surface area contributed by atoms with Crippen molar-refractivity contribution in [3.8, 4) is 0 Å². The lowest BCUT2D eigenvalue weighted by Gasteiger charge is -2.04. The molecule has 22 heavy (non-hydrogen) atoms. The van der Waals surface area contributed by atoms with Gasteiger partial charge >= 0.3 is 0 Å². The maximum atomic E-state index is 12.0. The first kappa shape index (κ1) is 15.1. The molecule has 6 heteroatoms. The summed E-state index contributed by atoms with van der Waals surface area (Å²) in [6, 6.07) is 7.74. The van der Waals surface area contributed by atoms with Crippen molar-refractivity contribution in [2.24, 2.45) is 0 Å². The molecule has 2 heterocycles. The van der Waals surface area contributed by atoms with Crippen LogP contribution in [0.1, 0.15) is 40.8 Å². The quantitative estimate of drug-likeness (QED) is 0.889. The normalized spacial score (nSPS) is 17.6. The lowest BCUT2D eigenvalue weighted by atomic mass is 10.1. The van der Waals surface area contributed by atoms with Gasteiger partial charge in [-0.05, 0) is 43.5 Å². The number of oxazole rings is 1. The van der Waals surface area contributed by atoms with Crippen molar-refractivity contribution >= 4 is 17.5 Å². The fourth-order valence-corrected chi connectivity index (χ4v) is 2.76. The summed E-state index contributed by atoms with van der Waals surface area (Å²) in [5, 5.41) is 6.84. The van der Waals surface area contributed by atoms with Crippen molar-refractivity contribution in [1.82, 2.24) is 15.6 Å². The minimum Gasteiger partial charge on any atom is -0.446 e. The Kier molecular flexibility index (Phi) is 4.75. The molecule has 1 aromatic heterocycles. The zero-order chi connectivity index (χ0) is 15.4. The number of benzene rings is 1. The third kappa shape index (κ3) is 3.67. The van der Waals surface area contributed by atoms with Crippen LogP contribution in [0.5, 0.6) is 0 Å². The summed E-state index contributed by atoms with van der Waals surface area (Å²) in [4.78, 5) is 16.3. The standard InChI is InChI=1S/C16H18ClN3O2/c17-12-4-1-3-11(9-12)6-8-19-15(21)14-10-22-16(20-14)13-5-2-7-18-13/h1,3-4,9-10,13,18H,2,5-8H2,(H,19,21). The Bertz CT molecular complexity index is 650. The van der Waals surface area contributed by atoms with Gasteiger partial charge in [-0.25, -0.2) is 4.98 Å². The second-order valence-electron chi connectivity index (χ2n) is 5.36. The van der Waals surface area contributed by atoms with Gasteiger partial charge in [0.05, 0.1) is 6.04 Å². The molecule has 1 unspecified atom stereocenters. The van der Waals surface area contributed by atoms with Crippen LogP contribution in [0, 0.1) is 0 Å². The summed E-state index contributed by atoms with van der Waals surface area (Å²) in [7, 11) is 0. The zero-order valence-electron chi connectivity index (χ0n) is 12.1. The number of nitrogens with one attached hydrogen (secondary N) is 2. The van der Waals surface area contributed by atoms with Crippen molar-refractivity contribution in [3.63, 3.8) is 0 Å². The SMILES string of the molecule is O=C(NCCc1cccc(Cl)c1)c1coc(C2CCCN2)n1. The van der Waals surface area contributed by atoms with Crippen LogP contribution in [0.3, 0.4) is 0 Å². The Morgan fingerprint density at radius 3 is 3.18 bits per heavy atom. The van der Waals surface area contributed by atoms with E-state index < -0.39 is 0 Å². The number of aromatic nitrogens is 1. The Morgan fingerprint density at radius 2 is 2.41 bits per heavy atom. The number of carbonyl (C=O) groups is 1. The second kappa shape index (κ2) is 6.94. The van der Waals surface area contributed by atoms with Gasteiger partial charge in [0.25, 0.3) is 5.91 Å². The average Bonchev–Trinajstić information content (AvgIpc) is 3.18. The van der Waals surface area contributed by atoms with Crippen LogP contribution in [-0.4, -0.2) is 24.0 Å². The number of carbonyl (C=O) groups excluding carboxylic acids is 1. The summed E-state index contributed by atoms with van der Waals surface area (Å²) in [5.41, 5.74) is 1.42. The molecule has 116 valence electrons. The van der Waals surface area contributed by atoms with Crippen molar-refractivity contribution in [3.05, 3.63) is 52.7 Å². The van der Waals surface area contributed by atoms with Crippen molar-refractivity contribution in [2.45, 2.75) is 25.3 Å². The number of halogens is 1. The number of amides is 1. The highest BCUT2D eigenvalue weighted by atomic mass is 35.5. The van der Waals surface area contributed by atoms with E-state index in [9.17, 15) is 4.79 Å². The molecule has 1 amide bonds. The first-order valence-corrected chi connectivity index (χ1v) is 7.81. The molecule has 0 bridgehead atoms. The molecule has 1 saturated heterocycles. The molecule has 1 atom stereocenters. The van der Waals surface area contributed by atoms with E-state index >= 15 is 0 Å². The first-order valence-electron chi connectivity index (χ1n) is 7.44. The van der Waals surface area contributed by atoms with Crippen LogP contribution in [-0.2, 0) is 6.42 Å². The third-order valence-corrected chi connectivity index (χ3v) is 3.94. The fourth-order valence-electron chi connectivity index (χ4n) is 2.55. The number of hydrogen-bond donors (Lipinski definition) is 2. The van der Waals surface area contributed by atoms with Gasteiger partial charge in [-0.15, -0.1) is 0 Å². The van der Waals surface area contributed by atoms with Crippen LogP contribution in [0.25, 0.3) is 0 Å². The Morgan fingerprint density at radius 1 is 1.50 bits per heavy atom. The zero-order valence-corrected chi connectivity index (χ0v) is 12.9. The maximum Gasteiger partial charge on any atom is 0.273 e. The predicted octanol–water partition coefficient (Wildman–Crippen LogP) is 2.73. The molecule has 1 fully saturated rings. The largest absolute Gasteiger partial charge is 0.446 e. The summed E-state index contributed by atoms with van der Waals surface area (Å²) < 4.78 is 5.40. The van der Waals surface area contributed by atoms with Gasteiger partial charge in [0.2, 0.25) is 5.89 Å². The summed E-state index contributed by atoms with van der Waals surface area (Å²) in [6.07, 6.45) is 4.25. The number of rotatable bonds is 5.